The zero-order chi connectivity index (χ0) is 29.8. The molecule has 0 bridgehead atoms. The number of hydrogen-bond acceptors (Lipinski definition) is 11. The van der Waals surface area contributed by atoms with Crippen molar-refractivity contribution < 1.29 is 41.0 Å². The van der Waals surface area contributed by atoms with Gasteiger partial charge in [-0.15, -0.1) is 0 Å². The highest BCUT2D eigenvalue weighted by molar-refractivity contribution is 7.90. The predicted octanol–water partition coefficient (Wildman–Crippen LogP) is 4.06. The number of hydrazine groups is 1. The number of rotatable bonds is 17. The number of nitrogens with two attached hydrogens (primary N) is 1. The SMILES string of the molecule is C=C(/C=C\N(N)CP(=O)(OCC)OCC)NC(=O)c1cc(OCCOC)cc(Oc2ccc(S(C)(=O)=O)cc2)c1. The van der Waals surface area contributed by atoms with Crippen LogP contribution in [0.25, 0.3) is 0 Å². The molecule has 2 aromatic rings. The third-order valence-electron chi connectivity index (χ3n) is 4.92. The molecule has 0 heterocycles. The maximum absolute atomic E-state index is 13.0. The molecule has 2 rings (SSSR count). The van der Waals surface area contributed by atoms with Crippen LogP contribution in [-0.4, -0.2) is 65.4 Å². The molecular formula is C26H36N3O9PS. The normalized spacial score (nSPS) is 11.8. The van der Waals surface area contributed by atoms with Crippen LogP contribution in [0.4, 0.5) is 0 Å². The Morgan fingerprint density at radius 1 is 1.05 bits per heavy atom. The molecule has 0 saturated heterocycles. The number of allylic oxidation sites excluding steroid dienone is 1. The van der Waals surface area contributed by atoms with E-state index in [0.29, 0.717) is 18.1 Å². The van der Waals surface area contributed by atoms with E-state index < -0.39 is 23.3 Å². The number of amides is 1. The van der Waals surface area contributed by atoms with Gasteiger partial charge in [0.1, 0.15) is 30.1 Å². The molecule has 0 spiro atoms. The summed E-state index contributed by atoms with van der Waals surface area (Å²) >= 11 is 0. The predicted molar refractivity (Wildman–Crippen MR) is 151 cm³/mol. The number of carbonyl (C=O) groups is 1. The van der Waals surface area contributed by atoms with Gasteiger partial charge in [-0.2, -0.15) is 0 Å². The first-order chi connectivity index (χ1) is 18.9. The highest BCUT2D eigenvalue weighted by atomic mass is 32.2. The molecule has 0 fully saturated rings. The average molecular weight is 598 g/mol. The number of methoxy groups -OCH3 is 1. The molecule has 0 saturated carbocycles. The lowest BCUT2D eigenvalue weighted by atomic mass is 10.2. The Bertz CT molecular complexity index is 1320. The summed E-state index contributed by atoms with van der Waals surface area (Å²) in [6, 6.07) is 10.5. The van der Waals surface area contributed by atoms with Gasteiger partial charge in [-0.1, -0.05) is 6.58 Å². The summed E-state index contributed by atoms with van der Waals surface area (Å²) in [5.74, 6) is 6.38. The number of sulfone groups is 1. The molecule has 3 N–H and O–H groups in total. The molecule has 0 radical (unpaired) electrons. The summed E-state index contributed by atoms with van der Waals surface area (Å²) in [4.78, 5) is 13.2. The van der Waals surface area contributed by atoms with Gasteiger partial charge in [0.15, 0.2) is 9.84 Å². The fraction of sp³-hybridized carbons (Fsp3) is 0.346. The number of benzene rings is 2. The second kappa shape index (κ2) is 15.6. The van der Waals surface area contributed by atoms with E-state index >= 15 is 0 Å². The molecule has 1 amide bonds. The second-order valence-corrected chi connectivity index (χ2v) is 12.3. The zero-order valence-electron chi connectivity index (χ0n) is 23.0. The number of ether oxygens (including phenoxy) is 3. The third kappa shape index (κ3) is 11.1. The molecule has 0 aliphatic rings. The van der Waals surface area contributed by atoms with Crippen LogP contribution in [0.5, 0.6) is 17.2 Å². The first-order valence-corrected chi connectivity index (χ1v) is 15.8. The molecule has 0 aromatic heterocycles. The highest BCUT2D eigenvalue weighted by Crippen LogP contribution is 2.48. The Hall–Kier alpha value is -3.19. The van der Waals surface area contributed by atoms with Crippen LogP contribution in [0.15, 0.2) is 71.9 Å². The number of hydrogen-bond donors (Lipinski definition) is 2. The van der Waals surface area contributed by atoms with E-state index in [1.807, 2.05) is 0 Å². The largest absolute Gasteiger partial charge is 0.491 e. The summed E-state index contributed by atoms with van der Waals surface area (Å²) in [7, 11) is -5.23. The summed E-state index contributed by atoms with van der Waals surface area (Å²) in [5, 5.41) is 3.76. The molecule has 0 aliphatic carbocycles. The van der Waals surface area contributed by atoms with Crippen molar-refractivity contribution in [3.8, 4) is 17.2 Å². The van der Waals surface area contributed by atoms with Crippen LogP contribution in [-0.2, 0) is 28.2 Å². The monoisotopic (exact) mass is 597 g/mol. The fourth-order valence-corrected chi connectivity index (χ4v) is 5.33. The topological polar surface area (TPSA) is 156 Å². The van der Waals surface area contributed by atoms with Gasteiger partial charge in [-0.25, -0.2) is 14.3 Å². The Morgan fingerprint density at radius 2 is 1.68 bits per heavy atom. The van der Waals surface area contributed by atoms with E-state index in [1.165, 1.54) is 55.8 Å². The van der Waals surface area contributed by atoms with Crippen molar-refractivity contribution in [2.45, 2.75) is 18.7 Å². The molecule has 220 valence electrons. The van der Waals surface area contributed by atoms with Crippen molar-refractivity contribution in [3.05, 3.63) is 72.6 Å². The van der Waals surface area contributed by atoms with Gasteiger partial charge < -0.3 is 33.6 Å². The van der Waals surface area contributed by atoms with Crippen molar-refractivity contribution in [1.29, 1.82) is 0 Å². The van der Waals surface area contributed by atoms with E-state index in [-0.39, 0.29) is 48.0 Å². The van der Waals surface area contributed by atoms with E-state index in [0.717, 1.165) is 11.3 Å². The van der Waals surface area contributed by atoms with Crippen LogP contribution in [0, 0.1) is 0 Å². The lowest BCUT2D eigenvalue weighted by Gasteiger charge is -2.21. The Labute approximate surface area is 235 Å². The van der Waals surface area contributed by atoms with Gasteiger partial charge in [0.05, 0.1) is 24.7 Å². The minimum atomic E-state index is -3.41. The Kier molecular flexibility index (Phi) is 12.8. The Morgan fingerprint density at radius 3 is 2.25 bits per heavy atom. The van der Waals surface area contributed by atoms with Crippen molar-refractivity contribution in [3.63, 3.8) is 0 Å². The summed E-state index contributed by atoms with van der Waals surface area (Å²) < 4.78 is 63.1. The van der Waals surface area contributed by atoms with E-state index in [9.17, 15) is 17.8 Å². The summed E-state index contributed by atoms with van der Waals surface area (Å²) in [6.45, 7) is 8.16. The van der Waals surface area contributed by atoms with Crippen molar-refractivity contribution in [2.24, 2.45) is 5.84 Å². The first kappa shape index (κ1) is 33.0. The number of nitrogens with zero attached hydrogens (tertiary/aromatic N) is 1. The standard InChI is InChI=1S/C26H36N3O9PS/c1-6-36-39(31,37-7-2)19-29(27)13-12-20(3)28-26(30)21-16-23(35-15-14-34-4)18-24(17-21)38-22-8-10-25(11-9-22)40(5,32)33/h8-13,16-18H,3,6-7,14-15,19,27H2,1-2,4-5H3,(H,28,30)/b13-12-. The fourth-order valence-electron chi connectivity index (χ4n) is 3.18. The van der Waals surface area contributed by atoms with Gasteiger partial charge in [0, 0.05) is 36.9 Å². The number of nitrogens with one attached hydrogen (secondary N) is 1. The molecule has 14 heteroatoms. The van der Waals surface area contributed by atoms with Gasteiger partial charge in [0.2, 0.25) is 0 Å². The van der Waals surface area contributed by atoms with Crippen LogP contribution in [0.2, 0.25) is 0 Å². The molecule has 40 heavy (non-hydrogen) atoms. The van der Waals surface area contributed by atoms with Crippen molar-refractivity contribution in [1.82, 2.24) is 10.3 Å². The summed E-state index contributed by atoms with van der Waals surface area (Å²) in [5.41, 5.74) is 0.404. The van der Waals surface area contributed by atoms with E-state index in [4.69, 9.17) is 29.1 Å². The Balaban J connectivity index is 2.17. The molecule has 2 aromatic carbocycles. The third-order valence-corrected chi connectivity index (χ3v) is 8.02. The molecule has 12 nitrogen and oxygen atoms in total. The highest BCUT2D eigenvalue weighted by Gasteiger charge is 2.25. The van der Waals surface area contributed by atoms with Gasteiger partial charge >= 0.3 is 7.60 Å². The van der Waals surface area contributed by atoms with Crippen LogP contribution < -0.4 is 20.6 Å². The molecular weight excluding hydrogens is 561 g/mol. The second-order valence-electron chi connectivity index (χ2n) is 8.28. The lowest BCUT2D eigenvalue weighted by Crippen LogP contribution is -2.28. The minimum absolute atomic E-state index is 0.151. The average Bonchev–Trinajstić information content (AvgIpc) is 2.87. The molecule has 0 atom stereocenters. The van der Waals surface area contributed by atoms with Crippen molar-refractivity contribution in [2.75, 3.05) is 46.1 Å². The van der Waals surface area contributed by atoms with Crippen LogP contribution in [0.3, 0.4) is 0 Å². The minimum Gasteiger partial charge on any atom is -0.491 e. The number of carbonyl (C=O) groups excluding carboxylic acids is 1. The maximum Gasteiger partial charge on any atom is 0.351 e. The molecule has 0 unspecified atom stereocenters. The quantitative estimate of drug-likeness (QED) is 0.0891. The lowest BCUT2D eigenvalue weighted by molar-refractivity contribution is 0.0966. The van der Waals surface area contributed by atoms with E-state index in [1.54, 1.807) is 19.9 Å². The smallest absolute Gasteiger partial charge is 0.351 e. The van der Waals surface area contributed by atoms with E-state index in [2.05, 4.69) is 11.9 Å². The van der Waals surface area contributed by atoms with Crippen LogP contribution in [0.1, 0.15) is 24.2 Å². The first-order valence-electron chi connectivity index (χ1n) is 12.2. The maximum atomic E-state index is 13.0. The van der Waals surface area contributed by atoms with Gasteiger partial charge in [-0.3, -0.25) is 9.36 Å². The van der Waals surface area contributed by atoms with Crippen molar-refractivity contribution >= 4 is 23.3 Å². The van der Waals surface area contributed by atoms with Crippen LogP contribution >= 0.6 is 7.60 Å². The zero-order valence-corrected chi connectivity index (χ0v) is 24.7. The van der Waals surface area contributed by atoms with Gasteiger partial charge in [0.25, 0.3) is 5.91 Å². The van der Waals surface area contributed by atoms with Gasteiger partial charge in [-0.05, 0) is 56.3 Å². The molecule has 0 aliphatic heterocycles. The summed E-state index contributed by atoms with van der Waals surface area (Å²) in [6.07, 6.45) is 3.73.